The number of rotatable bonds is 1. The van der Waals surface area contributed by atoms with Crippen LogP contribution in [0.25, 0.3) is 11.0 Å². The second-order valence-corrected chi connectivity index (χ2v) is 5.37. The summed E-state index contributed by atoms with van der Waals surface area (Å²) in [6.07, 6.45) is 2.46. The van der Waals surface area contributed by atoms with Crippen LogP contribution in [0.15, 0.2) is 17.4 Å². The number of aromatic amines is 1. The van der Waals surface area contributed by atoms with E-state index in [0.29, 0.717) is 5.65 Å². The molecule has 8 heteroatoms. The lowest BCUT2D eigenvalue weighted by Gasteiger charge is -1.94. The van der Waals surface area contributed by atoms with Crippen molar-refractivity contribution in [2.45, 2.75) is 4.90 Å². The fraction of sp³-hybridized carbons (Fsp3) is 0. The van der Waals surface area contributed by atoms with Crippen molar-refractivity contribution in [1.29, 1.82) is 0 Å². The number of aromatic nitrogens is 3. The third-order valence-corrected chi connectivity index (χ3v) is 3.28. The van der Waals surface area contributed by atoms with Gasteiger partial charge in [0.2, 0.25) is 0 Å². The van der Waals surface area contributed by atoms with E-state index in [-0.39, 0.29) is 15.4 Å². The van der Waals surface area contributed by atoms with Gasteiger partial charge in [0.25, 0.3) is 9.05 Å². The van der Waals surface area contributed by atoms with Gasteiger partial charge >= 0.3 is 0 Å². The maximum atomic E-state index is 11.1. The molecule has 0 amide bonds. The van der Waals surface area contributed by atoms with E-state index in [1.165, 1.54) is 12.5 Å². The second kappa shape index (κ2) is 3.08. The van der Waals surface area contributed by atoms with Crippen LogP contribution in [0.3, 0.4) is 0 Å². The number of fused-ring (bicyclic) bond motifs is 1. The van der Waals surface area contributed by atoms with Crippen LogP contribution in [0.5, 0.6) is 0 Å². The Morgan fingerprint density at radius 3 is 2.71 bits per heavy atom. The first-order valence-corrected chi connectivity index (χ1v) is 6.11. The van der Waals surface area contributed by atoms with Crippen molar-refractivity contribution in [2.24, 2.45) is 0 Å². The van der Waals surface area contributed by atoms with Crippen LogP contribution < -0.4 is 0 Å². The topological polar surface area (TPSA) is 75.7 Å². The van der Waals surface area contributed by atoms with Gasteiger partial charge in [-0.05, 0) is 0 Å². The SMILES string of the molecule is O=S(=O)(Cl)c1c[nH]c2ncnc(Cl)c12. The molecule has 0 radical (unpaired) electrons. The molecule has 0 aromatic carbocycles. The molecule has 2 aromatic heterocycles. The van der Waals surface area contributed by atoms with Crippen molar-refractivity contribution in [3.8, 4) is 0 Å². The number of hydrogen-bond acceptors (Lipinski definition) is 4. The molecule has 2 heterocycles. The quantitative estimate of drug-likeness (QED) is 0.617. The zero-order valence-corrected chi connectivity index (χ0v) is 8.86. The van der Waals surface area contributed by atoms with Gasteiger partial charge in [-0.15, -0.1) is 0 Å². The molecule has 0 bridgehead atoms. The van der Waals surface area contributed by atoms with Gasteiger partial charge in [0, 0.05) is 16.9 Å². The first kappa shape index (κ1) is 9.70. The fourth-order valence-corrected chi connectivity index (χ4v) is 2.38. The molecule has 2 rings (SSSR count). The molecule has 0 unspecified atom stereocenters. The van der Waals surface area contributed by atoms with Gasteiger partial charge in [0.05, 0.1) is 5.39 Å². The summed E-state index contributed by atoms with van der Waals surface area (Å²) in [6, 6.07) is 0. The van der Waals surface area contributed by atoms with E-state index in [0.717, 1.165) is 0 Å². The van der Waals surface area contributed by atoms with E-state index in [2.05, 4.69) is 15.0 Å². The van der Waals surface area contributed by atoms with Crippen LogP contribution in [-0.2, 0) is 9.05 Å². The maximum absolute atomic E-state index is 11.1. The van der Waals surface area contributed by atoms with Crippen LogP contribution in [0, 0.1) is 0 Å². The van der Waals surface area contributed by atoms with Crippen LogP contribution in [0.2, 0.25) is 5.15 Å². The summed E-state index contributed by atoms with van der Waals surface area (Å²) in [5, 5.41) is 0.264. The largest absolute Gasteiger partial charge is 0.345 e. The molecule has 0 aliphatic carbocycles. The van der Waals surface area contributed by atoms with Crippen molar-refractivity contribution >= 4 is 42.4 Å². The molecule has 14 heavy (non-hydrogen) atoms. The third kappa shape index (κ3) is 1.45. The molecule has 2 aromatic rings. The van der Waals surface area contributed by atoms with E-state index in [1.807, 2.05) is 0 Å². The van der Waals surface area contributed by atoms with Gasteiger partial charge in [0.15, 0.2) is 0 Å². The monoisotopic (exact) mass is 251 g/mol. The van der Waals surface area contributed by atoms with Crippen molar-refractivity contribution in [2.75, 3.05) is 0 Å². The van der Waals surface area contributed by atoms with Crippen LogP contribution in [0.1, 0.15) is 0 Å². The summed E-state index contributed by atoms with van der Waals surface area (Å²) in [6.45, 7) is 0. The lowest BCUT2D eigenvalue weighted by atomic mass is 10.4. The molecule has 0 spiro atoms. The van der Waals surface area contributed by atoms with Crippen LogP contribution in [0.4, 0.5) is 0 Å². The molecule has 0 saturated heterocycles. The molecule has 1 N–H and O–H groups in total. The Balaban J connectivity index is 2.94. The zero-order valence-electron chi connectivity index (χ0n) is 6.53. The molecule has 5 nitrogen and oxygen atoms in total. The fourth-order valence-electron chi connectivity index (χ4n) is 1.09. The van der Waals surface area contributed by atoms with Gasteiger partial charge < -0.3 is 4.98 Å². The minimum absolute atomic E-state index is 0.0514. The summed E-state index contributed by atoms with van der Waals surface area (Å²) in [4.78, 5) is 9.99. The number of nitrogens with zero attached hydrogens (tertiary/aromatic N) is 2. The van der Waals surface area contributed by atoms with Crippen molar-refractivity contribution in [1.82, 2.24) is 15.0 Å². The average Bonchev–Trinajstić information content (AvgIpc) is 2.47. The molecule has 0 atom stereocenters. The minimum Gasteiger partial charge on any atom is -0.345 e. The van der Waals surface area contributed by atoms with Gasteiger partial charge in [-0.25, -0.2) is 18.4 Å². The summed E-state index contributed by atoms with van der Waals surface area (Å²) >= 11 is 5.72. The van der Waals surface area contributed by atoms with E-state index in [4.69, 9.17) is 22.3 Å². The molecule has 0 aliphatic heterocycles. The Morgan fingerprint density at radius 2 is 2.07 bits per heavy atom. The Labute approximate surface area is 88.5 Å². The Kier molecular flexibility index (Phi) is 2.13. The van der Waals surface area contributed by atoms with Crippen molar-refractivity contribution in [3.63, 3.8) is 0 Å². The minimum atomic E-state index is -3.83. The lowest BCUT2D eigenvalue weighted by molar-refractivity contribution is 0.610. The number of H-pyrrole nitrogens is 1. The van der Waals surface area contributed by atoms with Crippen molar-refractivity contribution in [3.05, 3.63) is 17.7 Å². The molecule has 74 valence electrons. The summed E-state index contributed by atoms with van der Waals surface area (Å²) in [7, 11) is 1.36. The second-order valence-electron chi connectivity index (χ2n) is 2.48. The average molecular weight is 252 g/mol. The maximum Gasteiger partial charge on any atom is 0.263 e. The molecule has 0 aliphatic rings. The number of nitrogens with one attached hydrogen (secondary N) is 1. The highest BCUT2D eigenvalue weighted by molar-refractivity contribution is 8.14. The van der Waals surface area contributed by atoms with Gasteiger partial charge in [0.1, 0.15) is 22.0 Å². The summed E-state index contributed by atoms with van der Waals surface area (Å²) < 4.78 is 22.2. The summed E-state index contributed by atoms with van der Waals surface area (Å²) in [5.74, 6) is 0. The van der Waals surface area contributed by atoms with Crippen molar-refractivity contribution < 1.29 is 8.42 Å². The number of halogens is 2. The molecular formula is C6H3Cl2N3O2S. The lowest BCUT2D eigenvalue weighted by Crippen LogP contribution is -1.89. The Bertz CT molecular complexity index is 592. The standard InChI is InChI=1S/C6H3Cl2N3O2S/c7-5-4-3(14(8,12)13)1-9-6(4)11-2-10-5/h1-2H,(H,9,10,11). The van der Waals surface area contributed by atoms with E-state index >= 15 is 0 Å². The zero-order chi connectivity index (χ0) is 10.3. The highest BCUT2D eigenvalue weighted by Gasteiger charge is 2.19. The predicted molar refractivity (Wildman–Crippen MR) is 51.9 cm³/mol. The van der Waals surface area contributed by atoms with Gasteiger partial charge in [-0.2, -0.15) is 0 Å². The van der Waals surface area contributed by atoms with E-state index in [9.17, 15) is 8.42 Å². The van der Waals surface area contributed by atoms with Gasteiger partial charge in [-0.1, -0.05) is 11.6 Å². The Hall–Kier alpha value is -0.850. The first-order valence-electron chi connectivity index (χ1n) is 3.42. The Morgan fingerprint density at radius 1 is 1.36 bits per heavy atom. The molecular weight excluding hydrogens is 249 g/mol. The summed E-state index contributed by atoms with van der Waals surface area (Å²) in [5.41, 5.74) is 0.337. The van der Waals surface area contributed by atoms with Crippen LogP contribution in [-0.4, -0.2) is 23.4 Å². The molecule has 0 saturated carbocycles. The number of hydrogen-bond donors (Lipinski definition) is 1. The smallest absolute Gasteiger partial charge is 0.263 e. The van der Waals surface area contributed by atoms with E-state index in [1.54, 1.807) is 0 Å². The van der Waals surface area contributed by atoms with Crippen LogP contribution >= 0.6 is 22.3 Å². The third-order valence-electron chi connectivity index (χ3n) is 1.65. The highest BCUT2D eigenvalue weighted by atomic mass is 35.7. The predicted octanol–water partition coefficient (Wildman–Crippen LogP) is 1.54. The van der Waals surface area contributed by atoms with Gasteiger partial charge in [-0.3, -0.25) is 0 Å². The highest BCUT2D eigenvalue weighted by Crippen LogP contribution is 2.28. The molecule has 0 fully saturated rings. The first-order chi connectivity index (χ1) is 6.50. The normalized spacial score (nSPS) is 12.1. The van der Waals surface area contributed by atoms with E-state index < -0.39 is 9.05 Å².